The van der Waals surface area contributed by atoms with E-state index in [4.69, 9.17) is 9.52 Å². The molecule has 0 aromatic carbocycles. The normalized spacial score (nSPS) is 20.5. The van der Waals surface area contributed by atoms with Crippen LogP contribution in [0.5, 0.6) is 0 Å². The monoisotopic (exact) mass is 209 g/mol. The molecule has 5 nitrogen and oxygen atoms in total. The maximum Gasteiger partial charge on any atom is 0.326 e. The summed E-state index contributed by atoms with van der Waals surface area (Å²) in [4.78, 5) is 24.1. The van der Waals surface area contributed by atoms with Crippen LogP contribution in [0.25, 0.3) is 0 Å². The molecule has 1 aromatic heterocycles. The topological polar surface area (TPSA) is 70.8 Å². The third-order valence-corrected chi connectivity index (χ3v) is 2.57. The van der Waals surface area contributed by atoms with Gasteiger partial charge < -0.3 is 14.4 Å². The molecule has 0 radical (unpaired) electrons. The van der Waals surface area contributed by atoms with Crippen molar-refractivity contribution in [1.82, 2.24) is 4.90 Å². The van der Waals surface area contributed by atoms with Crippen molar-refractivity contribution < 1.29 is 19.1 Å². The number of rotatable bonds is 2. The Morgan fingerprint density at radius 2 is 2.33 bits per heavy atom. The fourth-order valence-electron chi connectivity index (χ4n) is 1.82. The summed E-state index contributed by atoms with van der Waals surface area (Å²) in [7, 11) is 0. The Morgan fingerprint density at radius 1 is 1.53 bits per heavy atom. The number of carboxylic acid groups (broad SMARTS) is 1. The number of carbonyl (C=O) groups excluding carboxylic acids is 1. The second-order valence-electron chi connectivity index (χ2n) is 3.51. The summed E-state index contributed by atoms with van der Waals surface area (Å²) in [6, 6.07) is 0.854. The third kappa shape index (κ3) is 1.72. The molecular formula is C10H11NO4. The zero-order valence-corrected chi connectivity index (χ0v) is 8.05. The molecule has 0 aliphatic carbocycles. The zero-order valence-electron chi connectivity index (χ0n) is 8.05. The number of furan rings is 1. The summed E-state index contributed by atoms with van der Waals surface area (Å²) in [6.45, 7) is 0.501. The Bertz CT molecular complexity index is 371. The van der Waals surface area contributed by atoms with Gasteiger partial charge in [0.1, 0.15) is 12.3 Å². The first-order valence-electron chi connectivity index (χ1n) is 4.76. The Morgan fingerprint density at radius 3 is 2.93 bits per heavy atom. The number of likely N-dealkylation sites (tertiary alicyclic amines) is 1. The van der Waals surface area contributed by atoms with Gasteiger partial charge in [0, 0.05) is 6.54 Å². The van der Waals surface area contributed by atoms with Crippen LogP contribution in [0.3, 0.4) is 0 Å². The van der Waals surface area contributed by atoms with Crippen molar-refractivity contribution in [3.05, 3.63) is 24.2 Å². The molecule has 0 spiro atoms. The highest BCUT2D eigenvalue weighted by molar-refractivity contribution is 5.96. The van der Waals surface area contributed by atoms with Crippen molar-refractivity contribution in [2.45, 2.75) is 18.9 Å². The SMILES string of the molecule is O=C(O)C1CCCN1C(=O)c1ccoc1. The molecule has 2 heterocycles. The predicted molar refractivity (Wildman–Crippen MR) is 50.4 cm³/mol. The van der Waals surface area contributed by atoms with E-state index in [2.05, 4.69) is 0 Å². The van der Waals surface area contributed by atoms with Gasteiger partial charge in [0.2, 0.25) is 0 Å². The predicted octanol–water partition coefficient (Wildman–Crippen LogP) is 0.969. The molecule has 15 heavy (non-hydrogen) atoms. The largest absolute Gasteiger partial charge is 0.480 e. The molecule has 1 fully saturated rings. The first kappa shape index (κ1) is 9.76. The van der Waals surface area contributed by atoms with Gasteiger partial charge in [0.25, 0.3) is 5.91 Å². The summed E-state index contributed by atoms with van der Waals surface area (Å²) in [5.41, 5.74) is 0.406. The number of hydrogen-bond donors (Lipinski definition) is 1. The summed E-state index contributed by atoms with van der Waals surface area (Å²) >= 11 is 0. The number of hydrogen-bond acceptors (Lipinski definition) is 3. The van der Waals surface area contributed by atoms with Crippen LogP contribution >= 0.6 is 0 Å². The number of nitrogens with zero attached hydrogens (tertiary/aromatic N) is 1. The van der Waals surface area contributed by atoms with Gasteiger partial charge >= 0.3 is 5.97 Å². The Labute approximate surface area is 86.3 Å². The standard InChI is InChI=1S/C10H11NO4/c12-9(7-3-5-15-6-7)11-4-1-2-8(11)10(13)14/h3,5-6,8H,1-2,4H2,(H,13,14). The van der Waals surface area contributed by atoms with E-state index in [1.807, 2.05) is 0 Å². The van der Waals surface area contributed by atoms with Gasteiger partial charge in [-0.3, -0.25) is 4.79 Å². The molecule has 1 aromatic rings. The Balaban J connectivity index is 2.17. The van der Waals surface area contributed by atoms with Crippen LogP contribution in [0.1, 0.15) is 23.2 Å². The van der Waals surface area contributed by atoms with Gasteiger partial charge in [-0.1, -0.05) is 0 Å². The van der Waals surface area contributed by atoms with Gasteiger partial charge in [-0.25, -0.2) is 4.79 Å². The van der Waals surface area contributed by atoms with E-state index in [0.29, 0.717) is 18.5 Å². The number of carboxylic acids is 1. The first-order valence-corrected chi connectivity index (χ1v) is 4.76. The molecule has 1 aliphatic rings. The van der Waals surface area contributed by atoms with Gasteiger partial charge in [-0.15, -0.1) is 0 Å². The molecule has 0 saturated carbocycles. The van der Waals surface area contributed by atoms with E-state index < -0.39 is 12.0 Å². The van der Waals surface area contributed by atoms with Crippen LogP contribution in [-0.2, 0) is 4.79 Å². The van der Waals surface area contributed by atoms with Crippen LogP contribution in [0, 0.1) is 0 Å². The molecule has 80 valence electrons. The van der Waals surface area contributed by atoms with Crippen LogP contribution in [-0.4, -0.2) is 34.5 Å². The van der Waals surface area contributed by atoms with Crippen molar-refractivity contribution in [2.75, 3.05) is 6.54 Å². The lowest BCUT2D eigenvalue weighted by atomic mass is 10.2. The van der Waals surface area contributed by atoms with Crippen LogP contribution in [0.15, 0.2) is 23.0 Å². The van der Waals surface area contributed by atoms with E-state index >= 15 is 0 Å². The quantitative estimate of drug-likeness (QED) is 0.787. The smallest absolute Gasteiger partial charge is 0.326 e. The van der Waals surface area contributed by atoms with Crippen molar-refractivity contribution in [2.24, 2.45) is 0 Å². The molecule has 1 aliphatic heterocycles. The van der Waals surface area contributed by atoms with Crippen LogP contribution < -0.4 is 0 Å². The van der Waals surface area contributed by atoms with Gasteiger partial charge in [0.05, 0.1) is 11.8 Å². The van der Waals surface area contributed by atoms with Crippen molar-refractivity contribution >= 4 is 11.9 Å². The zero-order chi connectivity index (χ0) is 10.8. The highest BCUT2D eigenvalue weighted by atomic mass is 16.4. The summed E-state index contributed by atoms with van der Waals surface area (Å²) in [5.74, 6) is -1.21. The van der Waals surface area contributed by atoms with E-state index in [-0.39, 0.29) is 5.91 Å². The average molecular weight is 209 g/mol. The molecular weight excluding hydrogens is 198 g/mol. The van der Waals surface area contributed by atoms with Crippen molar-refractivity contribution in [3.8, 4) is 0 Å². The van der Waals surface area contributed by atoms with Crippen molar-refractivity contribution in [1.29, 1.82) is 0 Å². The highest BCUT2D eigenvalue weighted by Gasteiger charge is 2.34. The van der Waals surface area contributed by atoms with Gasteiger partial charge in [-0.05, 0) is 18.9 Å². The summed E-state index contributed by atoms with van der Waals surface area (Å²) < 4.78 is 4.80. The second-order valence-corrected chi connectivity index (χ2v) is 3.51. The third-order valence-electron chi connectivity index (χ3n) is 2.57. The van der Waals surface area contributed by atoms with E-state index in [0.717, 1.165) is 6.42 Å². The molecule has 0 bridgehead atoms. The van der Waals surface area contributed by atoms with Crippen molar-refractivity contribution in [3.63, 3.8) is 0 Å². The average Bonchev–Trinajstić information content (AvgIpc) is 2.88. The fourth-order valence-corrected chi connectivity index (χ4v) is 1.82. The lowest BCUT2D eigenvalue weighted by Crippen LogP contribution is -2.40. The Hall–Kier alpha value is -1.78. The molecule has 5 heteroatoms. The van der Waals surface area contributed by atoms with Crippen LogP contribution in [0.4, 0.5) is 0 Å². The second kappa shape index (κ2) is 3.76. The first-order chi connectivity index (χ1) is 7.20. The maximum absolute atomic E-state index is 11.8. The van der Waals surface area contributed by atoms with E-state index in [9.17, 15) is 9.59 Å². The summed E-state index contributed by atoms with van der Waals surface area (Å²) in [5, 5.41) is 8.91. The highest BCUT2D eigenvalue weighted by Crippen LogP contribution is 2.20. The molecule has 2 rings (SSSR count). The van der Waals surface area contributed by atoms with Crippen LogP contribution in [0.2, 0.25) is 0 Å². The molecule has 1 amide bonds. The summed E-state index contributed by atoms with van der Waals surface area (Å²) in [6.07, 6.45) is 4.00. The molecule has 1 N–H and O–H groups in total. The molecule has 1 saturated heterocycles. The minimum Gasteiger partial charge on any atom is -0.480 e. The number of carbonyl (C=O) groups is 2. The fraction of sp³-hybridized carbons (Fsp3) is 0.400. The number of aliphatic carboxylic acids is 1. The minimum atomic E-state index is -0.940. The number of amides is 1. The lowest BCUT2D eigenvalue weighted by Gasteiger charge is -2.20. The maximum atomic E-state index is 11.8. The minimum absolute atomic E-state index is 0.270. The van der Waals surface area contributed by atoms with Gasteiger partial charge in [0.15, 0.2) is 0 Å². The lowest BCUT2D eigenvalue weighted by molar-refractivity contribution is -0.141. The molecule has 1 unspecified atom stereocenters. The Kier molecular flexibility index (Phi) is 2.45. The van der Waals surface area contributed by atoms with Gasteiger partial charge in [-0.2, -0.15) is 0 Å². The van der Waals surface area contributed by atoms with E-state index in [1.165, 1.54) is 17.4 Å². The molecule has 1 atom stereocenters. The van der Waals surface area contributed by atoms with E-state index in [1.54, 1.807) is 6.07 Å².